The van der Waals surface area contributed by atoms with Gasteiger partial charge in [0.05, 0.1) is 11.5 Å². The molecule has 0 radical (unpaired) electrons. The normalized spacial score (nSPS) is 17.5. The first-order chi connectivity index (χ1) is 9.97. The van der Waals surface area contributed by atoms with E-state index < -0.39 is 17.9 Å². The van der Waals surface area contributed by atoms with Gasteiger partial charge in [0.25, 0.3) is 0 Å². The Labute approximate surface area is 121 Å². The summed E-state index contributed by atoms with van der Waals surface area (Å²) in [6, 6.07) is 5.91. The molecule has 2 rings (SSSR count). The molecule has 0 saturated carbocycles. The lowest BCUT2D eigenvalue weighted by Crippen LogP contribution is -2.38. The number of carbonyl (C=O) groups excluding carboxylic acids is 1. The predicted octanol–water partition coefficient (Wildman–Crippen LogP) is 1.00. The molecule has 1 saturated heterocycles. The molecule has 0 aromatic heterocycles. The number of carboxylic acid groups (broad SMARTS) is 2. The van der Waals surface area contributed by atoms with Crippen molar-refractivity contribution < 1.29 is 24.6 Å². The largest absolute Gasteiger partial charge is 0.481 e. The third-order valence-corrected chi connectivity index (χ3v) is 3.47. The van der Waals surface area contributed by atoms with E-state index in [0.717, 1.165) is 5.56 Å². The molecule has 1 aliphatic heterocycles. The molecule has 1 fully saturated rings. The van der Waals surface area contributed by atoms with E-state index in [1.54, 1.807) is 12.1 Å². The van der Waals surface area contributed by atoms with Crippen LogP contribution in [0.4, 0.5) is 4.79 Å². The number of benzene rings is 1. The van der Waals surface area contributed by atoms with E-state index in [9.17, 15) is 14.4 Å². The molecular formula is C14H16N2O5. The number of carbonyl (C=O) groups is 3. The van der Waals surface area contributed by atoms with Gasteiger partial charge in [-0.1, -0.05) is 12.1 Å². The molecule has 1 aromatic rings. The van der Waals surface area contributed by atoms with Crippen LogP contribution in [0.5, 0.6) is 0 Å². The Balaban J connectivity index is 1.84. The van der Waals surface area contributed by atoms with Gasteiger partial charge in [0, 0.05) is 19.6 Å². The Hall–Kier alpha value is -2.57. The van der Waals surface area contributed by atoms with E-state index in [1.807, 2.05) is 0 Å². The van der Waals surface area contributed by atoms with Gasteiger partial charge in [-0.15, -0.1) is 0 Å². The minimum Gasteiger partial charge on any atom is -0.481 e. The average Bonchev–Trinajstić information content (AvgIpc) is 2.95. The van der Waals surface area contributed by atoms with E-state index in [4.69, 9.17) is 10.2 Å². The number of urea groups is 1. The highest BCUT2D eigenvalue weighted by Gasteiger charge is 2.30. The quantitative estimate of drug-likeness (QED) is 0.767. The number of likely N-dealkylation sites (tertiary alicyclic amines) is 1. The van der Waals surface area contributed by atoms with Crippen LogP contribution in [0.3, 0.4) is 0 Å². The number of aliphatic carboxylic acids is 1. The van der Waals surface area contributed by atoms with Gasteiger partial charge in [0.15, 0.2) is 0 Å². The van der Waals surface area contributed by atoms with Crippen LogP contribution in [0.1, 0.15) is 22.3 Å². The van der Waals surface area contributed by atoms with Crippen molar-refractivity contribution in [2.45, 2.75) is 13.0 Å². The number of nitrogens with one attached hydrogen (secondary N) is 1. The molecule has 1 unspecified atom stereocenters. The van der Waals surface area contributed by atoms with Crippen molar-refractivity contribution in [1.82, 2.24) is 10.2 Å². The number of hydrogen-bond acceptors (Lipinski definition) is 3. The monoisotopic (exact) mass is 292 g/mol. The Bertz CT molecular complexity index is 555. The van der Waals surface area contributed by atoms with Gasteiger partial charge in [0.2, 0.25) is 0 Å². The Morgan fingerprint density at radius 3 is 2.38 bits per heavy atom. The molecule has 7 heteroatoms. The molecule has 1 aromatic carbocycles. The first kappa shape index (κ1) is 14.8. The molecule has 0 bridgehead atoms. The van der Waals surface area contributed by atoms with E-state index in [0.29, 0.717) is 13.0 Å². The SMILES string of the molecule is O=C(O)c1ccc(CNC(=O)N2CCC(C(=O)O)C2)cc1. The van der Waals surface area contributed by atoms with Crippen molar-refractivity contribution in [2.24, 2.45) is 5.92 Å². The van der Waals surface area contributed by atoms with Crippen LogP contribution in [-0.2, 0) is 11.3 Å². The van der Waals surface area contributed by atoms with Gasteiger partial charge in [-0.25, -0.2) is 9.59 Å². The molecule has 1 atom stereocenters. The molecule has 0 aliphatic carbocycles. The summed E-state index contributed by atoms with van der Waals surface area (Å²) in [5.41, 5.74) is 0.969. The molecule has 112 valence electrons. The van der Waals surface area contributed by atoms with Gasteiger partial charge in [-0.2, -0.15) is 0 Å². The van der Waals surface area contributed by atoms with Crippen molar-refractivity contribution in [2.75, 3.05) is 13.1 Å². The van der Waals surface area contributed by atoms with E-state index in [-0.39, 0.29) is 24.7 Å². The van der Waals surface area contributed by atoms with Crippen molar-refractivity contribution >= 4 is 18.0 Å². The van der Waals surface area contributed by atoms with Crippen LogP contribution >= 0.6 is 0 Å². The zero-order valence-corrected chi connectivity index (χ0v) is 11.3. The minimum absolute atomic E-state index is 0.189. The topological polar surface area (TPSA) is 107 Å². The fourth-order valence-corrected chi connectivity index (χ4v) is 2.20. The summed E-state index contributed by atoms with van der Waals surface area (Å²) >= 11 is 0. The van der Waals surface area contributed by atoms with Crippen LogP contribution in [0, 0.1) is 5.92 Å². The first-order valence-corrected chi connectivity index (χ1v) is 6.55. The standard InChI is InChI=1S/C14H16N2O5/c17-12(18)10-3-1-9(2-4-10)7-15-14(21)16-6-5-11(8-16)13(19)20/h1-4,11H,5-8H2,(H,15,21)(H,17,18)(H,19,20). The lowest BCUT2D eigenvalue weighted by Gasteiger charge is -2.16. The summed E-state index contributed by atoms with van der Waals surface area (Å²) < 4.78 is 0. The predicted molar refractivity (Wildman–Crippen MR) is 73.0 cm³/mol. The number of aromatic carboxylic acids is 1. The molecule has 21 heavy (non-hydrogen) atoms. The highest BCUT2D eigenvalue weighted by atomic mass is 16.4. The number of carboxylic acids is 2. The maximum absolute atomic E-state index is 11.9. The second kappa shape index (κ2) is 6.25. The highest BCUT2D eigenvalue weighted by Crippen LogP contribution is 2.16. The summed E-state index contributed by atoms with van der Waals surface area (Å²) in [5.74, 6) is -2.37. The molecule has 7 nitrogen and oxygen atoms in total. The fourth-order valence-electron chi connectivity index (χ4n) is 2.20. The van der Waals surface area contributed by atoms with Crippen LogP contribution in [0.2, 0.25) is 0 Å². The summed E-state index contributed by atoms with van der Waals surface area (Å²) in [4.78, 5) is 34.9. The smallest absolute Gasteiger partial charge is 0.335 e. The van der Waals surface area contributed by atoms with Crippen molar-refractivity contribution in [3.05, 3.63) is 35.4 Å². The third-order valence-electron chi connectivity index (χ3n) is 3.47. The maximum atomic E-state index is 11.9. The van der Waals surface area contributed by atoms with E-state index in [2.05, 4.69) is 5.32 Å². The fraction of sp³-hybridized carbons (Fsp3) is 0.357. The number of nitrogens with zero attached hydrogens (tertiary/aromatic N) is 1. The summed E-state index contributed by atoms with van der Waals surface area (Å²) in [6.45, 7) is 0.923. The first-order valence-electron chi connectivity index (χ1n) is 6.55. The van der Waals surface area contributed by atoms with Crippen LogP contribution in [0.25, 0.3) is 0 Å². The van der Waals surface area contributed by atoms with Gasteiger partial charge >= 0.3 is 18.0 Å². The van der Waals surface area contributed by atoms with Crippen molar-refractivity contribution in [3.8, 4) is 0 Å². The molecule has 2 amide bonds. The molecule has 1 heterocycles. The average molecular weight is 292 g/mol. The van der Waals surface area contributed by atoms with Gasteiger partial charge < -0.3 is 20.4 Å². The minimum atomic E-state index is -0.998. The van der Waals surface area contributed by atoms with Crippen molar-refractivity contribution in [3.63, 3.8) is 0 Å². The zero-order valence-electron chi connectivity index (χ0n) is 11.3. The second-order valence-electron chi connectivity index (χ2n) is 4.93. The van der Waals surface area contributed by atoms with Crippen LogP contribution in [0.15, 0.2) is 24.3 Å². The third kappa shape index (κ3) is 3.71. The van der Waals surface area contributed by atoms with Crippen molar-refractivity contribution in [1.29, 1.82) is 0 Å². The van der Waals surface area contributed by atoms with E-state index in [1.165, 1.54) is 17.0 Å². The highest BCUT2D eigenvalue weighted by molar-refractivity contribution is 5.87. The van der Waals surface area contributed by atoms with Crippen LogP contribution in [-0.4, -0.2) is 46.2 Å². The molecule has 0 spiro atoms. The lowest BCUT2D eigenvalue weighted by molar-refractivity contribution is -0.141. The van der Waals surface area contributed by atoms with Gasteiger partial charge in [-0.3, -0.25) is 4.79 Å². The van der Waals surface area contributed by atoms with E-state index >= 15 is 0 Å². The maximum Gasteiger partial charge on any atom is 0.335 e. The Morgan fingerprint density at radius 2 is 1.86 bits per heavy atom. The molecule has 1 aliphatic rings. The number of rotatable bonds is 4. The zero-order chi connectivity index (χ0) is 15.4. The summed E-state index contributed by atoms with van der Waals surface area (Å²) in [6.07, 6.45) is 0.468. The number of hydrogen-bond donors (Lipinski definition) is 3. The summed E-state index contributed by atoms with van der Waals surface area (Å²) in [5, 5.41) is 20.4. The lowest BCUT2D eigenvalue weighted by atomic mass is 10.1. The Kier molecular flexibility index (Phi) is 4.42. The molecule has 3 N–H and O–H groups in total. The number of amides is 2. The second-order valence-corrected chi connectivity index (χ2v) is 4.93. The van der Waals surface area contributed by atoms with Gasteiger partial charge in [0.1, 0.15) is 0 Å². The molecular weight excluding hydrogens is 276 g/mol. The van der Waals surface area contributed by atoms with Gasteiger partial charge in [-0.05, 0) is 24.1 Å². The Morgan fingerprint density at radius 1 is 1.19 bits per heavy atom. The van der Waals surface area contributed by atoms with Crippen LogP contribution < -0.4 is 5.32 Å². The summed E-state index contributed by atoms with van der Waals surface area (Å²) in [7, 11) is 0.